The molecule has 1 fully saturated rings. The van der Waals surface area contributed by atoms with Crippen molar-refractivity contribution in [2.45, 2.75) is 69.8 Å². The number of carbonyl (C=O) groups is 1. The Bertz CT molecular complexity index is 664. The Labute approximate surface area is 171 Å². The summed E-state index contributed by atoms with van der Waals surface area (Å²) in [6.45, 7) is 7.30. The van der Waals surface area contributed by atoms with Gasteiger partial charge in [-0.2, -0.15) is 0 Å². The number of hydrogen-bond acceptors (Lipinski definition) is 3. The van der Waals surface area contributed by atoms with Crippen LogP contribution in [0, 0.1) is 5.92 Å². The maximum atomic E-state index is 12.1. The lowest BCUT2D eigenvalue weighted by Crippen LogP contribution is -2.41. The van der Waals surface area contributed by atoms with Crippen LogP contribution in [0.5, 0.6) is 0 Å². The molecular formula is C21H32ClNO3S. The van der Waals surface area contributed by atoms with Gasteiger partial charge < -0.3 is 9.64 Å². The molecule has 1 unspecified atom stereocenters. The van der Waals surface area contributed by atoms with E-state index in [9.17, 15) is 9.00 Å². The molecular weight excluding hydrogens is 382 g/mol. The Balaban J connectivity index is 1.67. The minimum atomic E-state index is -1.04. The van der Waals surface area contributed by atoms with Crippen molar-refractivity contribution in [2.24, 2.45) is 5.92 Å². The number of nitrogens with zero attached hydrogens (tertiary/aromatic N) is 1. The molecule has 0 saturated carbocycles. The van der Waals surface area contributed by atoms with Gasteiger partial charge in [-0.1, -0.05) is 30.5 Å². The van der Waals surface area contributed by atoms with Crippen molar-refractivity contribution in [2.75, 3.05) is 19.3 Å². The van der Waals surface area contributed by atoms with E-state index in [2.05, 4.69) is 0 Å². The fraction of sp³-hybridized carbons (Fsp3) is 0.667. The van der Waals surface area contributed by atoms with Crippen molar-refractivity contribution in [1.29, 1.82) is 0 Å². The van der Waals surface area contributed by atoms with Crippen LogP contribution < -0.4 is 0 Å². The van der Waals surface area contributed by atoms with Crippen LogP contribution in [0.4, 0.5) is 4.79 Å². The Morgan fingerprint density at radius 2 is 1.93 bits per heavy atom. The second-order valence-corrected chi connectivity index (χ2v) is 10.1. The van der Waals surface area contributed by atoms with Gasteiger partial charge in [0, 0.05) is 19.3 Å². The third-order valence-electron chi connectivity index (χ3n) is 4.90. The van der Waals surface area contributed by atoms with Crippen molar-refractivity contribution in [3.8, 4) is 0 Å². The SMILES string of the molecule is CS(=O)c1ccc(CCCCC2CCN(C(=O)OC(C)(C)C)CC2)cc1Cl. The van der Waals surface area contributed by atoms with Crippen molar-refractivity contribution < 1.29 is 13.7 Å². The molecule has 1 aromatic carbocycles. The van der Waals surface area contributed by atoms with E-state index in [4.69, 9.17) is 16.3 Å². The van der Waals surface area contributed by atoms with E-state index in [-0.39, 0.29) is 6.09 Å². The van der Waals surface area contributed by atoms with E-state index in [1.165, 1.54) is 18.4 Å². The molecule has 1 aromatic rings. The average Bonchev–Trinajstić information content (AvgIpc) is 2.57. The molecule has 1 aliphatic heterocycles. The summed E-state index contributed by atoms with van der Waals surface area (Å²) in [4.78, 5) is 14.6. The van der Waals surface area contributed by atoms with Gasteiger partial charge >= 0.3 is 6.09 Å². The average molecular weight is 414 g/mol. The smallest absolute Gasteiger partial charge is 0.410 e. The molecule has 1 saturated heterocycles. The zero-order valence-corrected chi connectivity index (χ0v) is 18.5. The summed E-state index contributed by atoms with van der Waals surface area (Å²) in [6, 6.07) is 5.85. The number of rotatable bonds is 6. The number of likely N-dealkylation sites (tertiary alicyclic amines) is 1. The van der Waals surface area contributed by atoms with Gasteiger partial charge in [-0.25, -0.2) is 4.79 Å². The Kier molecular flexibility index (Phi) is 8.17. The summed E-state index contributed by atoms with van der Waals surface area (Å²) in [5.74, 6) is 0.692. The molecule has 1 atom stereocenters. The Morgan fingerprint density at radius 3 is 2.48 bits per heavy atom. The number of carbonyl (C=O) groups excluding carboxylic acids is 1. The van der Waals surface area contributed by atoms with Crippen LogP contribution in [0.2, 0.25) is 5.02 Å². The van der Waals surface area contributed by atoms with Crippen molar-refractivity contribution in [3.05, 3.63) is 28.8 Å². The molecule has 0 bridgehead atoms. The Hall–Kier alpha value is -1.07. The second-order valence-electron chi connectivity index (χ2n) is 8.38. The summed E-state index contributed by atoms with van der Waals surface area (Å²) in [5, 5.41) is 0.600. The number of piperidine rings is 1. The molecule has 0 aromatic heterocycles. The largest absolute Gasteiger partial charge is 0.444 e. The molecule has 6 heteroatoms. The maximum Gasteiger partial charge on any atom is 0.410 e. The summed E-state index contributed by atoms with van der Waals surface area (Å²) >= 11 is 6.20. The molecule has 0 aliphatic carbocycles. The highest BCUT2D eigenvalue weighted by Gasteiger charge is 2.26. The molecule has 27 heavy (non-hydrogen) atoms. The zero-order chi connectivity index (χ0) is 20.0. The van der Waals surface area contributed by atoms with Gasteiger partial charge in [-0.3, -0.25) is 4.21 Å². The first-order valence-corrected chi connectivity index (χ1v) is 11.7. The van der Waals surface area contributed by atoms with Crippen LogP contribution in [0.25, 0.3) is 0 Å². The van der Waals surface area contributed by atoms with Crippen molar-refractivity contribution >= 4 is 28.5 Å². The van der Waals surface area contributed by atoms with Crippen molar-refractivity contribution in [1.82, 2.24) is 4.90 Å². The first-order chi connectivity index (χ1) is 12.7. The molecule has 0 radical (unpaired) electrons. The normalized spacial score (nSPS) is 17.0. The quantitative estimate of drug-likeness (QED) is 0.583. The monoisotopic (exact) mass is 413 g/mol. The summed E-state index contributed by atoms with van der Waals surface area (Å²) in [5.41, 5.74) is 0.773. The maximum absolute atomic E-state index is 12.1. The van der Waals surface area contributed by atoms with E-state index < -0.39 is 16.4 Å². The van der Waals surface area contributed by atoms with Crippen molar-refractivity contribution in [3.63, 3.8) is 0 Å². The molecule has 152 valence electrons. The predicted molar refractivity (Wildman–Crippen MR) is 112 cm³/mol. The lowest BCUT2D eigenvalue weighted by atomic mass is 9.91. The highest BCUT2D eigenvalue weighted by molar-refractivity contribution is 7.84. The van der Waals surface area contributed by atoms with Gasteiger partial charge in [-0.05, 0) is 70.1 Å². The number of halogens is 1. The number of ether oxygens (including phenoxy) is 1. The Morgan fingerprint density at radius 1 is 1.26 bits per heavy atom. The van der Waals surface area contributed by atoms with Gasteiger partial charge in [0.25, 0.3) is 0 Å². The van der Waals surface area contributed by atoms with Gasteiger partial charge in [0.2, 0.25) is 0 Å². The van der Waals surface area contributed by atoms with E-state index in [1.807, 2.05) is 43.9 Å². The van der Waals surface area contributed by atoms with Gasteiger partial charge in [0.1, 0.15) is 5.60 Å². The molecule has 1 amide bonds. The highest BCUT2D eigenvalue weighted by atomic mass is 35.5. The molecule has 2 rings (SSSR count). The first-order valence-electron chi connectivity index (χ1n) is 9.75. The number of benzene rings is 1. The van der Waals surface area contributed by atoms with E-state index in [0.29, 0.717) is 15.8 Å². The zero-order valence-electron chi connectivity index (χ0n) is 16.9. The van der Waals surface area contributed by atoms with Gasteiger partial charge in [0.15, 0.2) is 0 Å². The molecule has 1 aliphatic rings. The lowest BCUT2D eigenvalue weighted by molar-refractivity contribution is 0.0180. The number of aryl methyl sites for hydroxylation is 1. The van der Waals surface area contributed by atoms with Crippen LogP contribution >= 0.6 is 11.6 Å². The van der Waals surface area contributed by atoms with Gasteiger partial charge in [0.05, 0.1) is 20.7 Å². The topological polar surface area (TPSA) is 46.6 Å². The lowest BCUT2D eigenvalue weighted by Gasteiger charge is -2.33. The highest BCUT2D eigenvalue weighted by Crippen LogP contribution is 2.25. The minimum Gasteiger partial charge on any atom is -0.444 e. The van der Waals surface area contributed by atoms with E-state index in [0.717, 1.165) is 38.8 Å². The fourth-order valence-electron chi connectivity index (χ4n) is 3.43. The van der Waals surface area contributed by atoms with Crippen LogP contribution in [-0.4, -0.2) is 40.1 Å². The second kappa shape index (κ2) is 9.92. The third-order valence-corrected chi connectivity index (χ3v) is 6.30. The predicted octanol–water partition coefficient (Wildman–Crippen LogP) is 5.44. The van der Waals surface area contributed by atoms with Crippen LogP contribution in [0.3, 0.4) is 0 Å². The van der Waals surface area contributed by atoms with Crippen LogP contribution in [0.1, 0.15) is 58.4 Å². The van der Waals surface area contributed by atoms with E-state index in [1.54, 1.807) is 6.26 Å². The molecule has 4 nitrogen and oxygen atoms in total. The van der Waals surface area contributed by atoms with Crippen LogP contribution in [-0.2, 0) is 22.0 Å². The number of hydrogen-bond donors (Lipinski definition) is 0. The number of unbranched alkanes of at least 4 members (excludes halogenated alkanes) is 1. The molecule has 1 heterocycles. The minimum absolute atomic E-state index is 0.186. The van der Waals surface area contributed by atoms with Gasteiger partial charge in [-0.15, -0.1) is 0 Å². The van der Waals surface area contributed by atoms with E-state index >= 15 is 0 Å². The summed E-state index contributed by atoms with van der Waals surface area (Å²) in [7, 11) is -1.04. The fourth-order valence-corrected chi connectivity index (χ4v) is 4.55. The first kappa shape index (κ1) is 22.2. The summed E-state index contributed by atoms with van der Waals surface area (Å²) < 4.78 is 17.0. The third kappa shape index (κ3) is 7.46. The standard InChI is InChI=1S/C21H32ClNO3S/c1-21(2,3)26-20(24)23-13-11-16(12-14-23)7-5-6-8-17-9-10-19(27(4)25)18(22)15-17/h9-10,15-16H,5-8,11-14H2,1-4H3. The van der Waals surface area contributed by atoms with Crippen LogP contribution in [0.15, 0.2) is 23.1 Å². The number of amides is 1. The molecule has 0 spiro atoms. The molecule has 0 N–H and O–H groups in total. The summed E-state index contributed by atoms with van der Waals surface area (Å²) in [6.07, 6.45) is 8.07.